The number of hydrogen-bond donors (Lipinski definition) is 0. The molecule has 0 aromatic heterocycles. The van der Waals surface area contributed by atoms with Crippen molar-refractivity contribution in [3.8, 4) is 5.75 Å². The van der Waals surface area contributed by atoms with Crippen molar-refractivity contribution >= 4 is 5.78 Å². The van der Waals surface area contributed by atoms with Crippen LogP contribution in [0, 0.1) is 11.8 Å². The topological polar surface area (TPSA) is 26.3 Å². The summed E-state index contributed by atoms with van der Waals surface area (Å²) in [7, 11) is 0. The van der Waals surface area contributed by atoms with Gasteiger partial charge in [-0.05, 0) is 24.5 Å². The lowest BCUT2D eigenvalue weighted by Crippen LogP contribution is -2.33. The molecule has 2 heteroatoms. The summed E-state index contributed by atoms with van der Waals surface area (Å²) in [5.74, 6) is 1.19. The zero-order chi connectivity index (χ0) is 11.7. The second-order valence-corrected chi connectivity index (χ2v) is 4.49. The molecule has 1 heterocycles. The zero-order valence-electron chi connectivity index (χ0n) is 9.50. The van der Waals surface area contributed by atoms with Gasteiger partial charge in [-0.15, -0.1) is 0 Å². The van der Waals surface area contributed by atoms with Crippen LogP contribution in [-0.4, -0.2) is 12.4 Å². The Labute approximate surface area is 101 Å². The molecule has 0 amide bonds. The van der Waals surface area contributed by atoms with E-state index in [0.717, 1.165) is 17.7 Å². The first-order valence-corrected chi connectivity index (χ1v) is 5.95. The number of Topliss-reactive ketones (excluding diaryl/α,β-unsaturated/α-hetero) is 1. The number of carbonyl (C=O) groups excluding carboxylic acids is 1. The van der Waals surface area contributed by atoms with Crippen LogP contribution >= 0.6 is 0 Å². The molecular weight excluding hydrogens is 212 g/mol. The third-order valence-corrected chi connectivity index (χ3v) is 3.44. The number of rotatable bonds is 1. The van der Waals surface area contributed by atoms with Crippen molar-refractivity contribution in [1.82, 2.24) is 0 Å². The number of ether oxygens (including phenoxy) is 1. The Bertz CT molecular complexity index is 499. The quantitative estimate of drug-likeness (QED) is 0.735. The highest BCUT2D eigenvalue weighted by molar-refractivity contribution is 6.01. The van der Waals surface area contributed by atoms with Gasteiger partial charge in [0.25, 0.3) is 0 Å². The Morgan fingerprint density at radius 3 is 2.88 bits per heavy atom. The van der Waals surface area contributed by atoms with E-state index >= 15 is 0 Å². The molecule has 0 saturated heterocycles. The van der Waals surface area contributed by atoms with Crippen molar-refractivity contribution in [2.75, 3.05) is 6.61 Å². The van der Waals surface area contributed by atoms with E-state index in [2.05, 4.69) is 12.2 Å². The Balaban J connectivity index is 1.89. The number of benzene rings is 1. The number of carbonyl (C=O) groups is 1. The maximum Gasteiger partial charge on any atom is 0.173 e. The first-order chi connectivity index (χ1) is 8.36. The van der Waals surface area contributed by atoms with E-state index < -0.39 is 0 Å². The Morgan fingerprint density at radius 1 is 1.18 bits per heavy atom. The number of para-hydroxylation sites is 1. The number of hydrogen-bond acceptors (Lipinski definition) is 2. The standard InChI is InChI=1S/C15H14O2/c16-15-12-8-4-5-9-14(12)17-10-13(15)11-6-2-1-3-7-11/h1-6,8-9,11,13H,7,10H2. The van der Waals surface area contributed by atoms with E-state index in [0.29, 0.717) is 6.61 Å². The molecule has 2 nitrogen and oxygen atoms in total. The zero-order valence-corrected chi connectivity index (χ0v) is 9.50. The van der Waals surface area contributed by atoms with Crippen LogP contribution in [0.5, 0.6) is 5.75 Å². The molecule has 0 radical (unpaired) electrons. The maximum atomic E-state index is 12.4. The summed E-state index contributed by atoms with van der Waals surface area (Å²) in [5, 5.41) is 0. The van der Waals surface area contributed by atoms with Gasteiger partial charge >= 0.3 is 0 Å². The van der Waals surface area contributed by atoms with Gasteiger partial charge in [0.15, 0.2) is 5.78 Å². The predicted octanol–water partition coefficient (Wildman–Crippen LogP) is 3.01. The molecule has 2 atom stereocenters. The SMILES string of the molecule is O=C1c2ccccc2OCC1C1C=CC=CC1. The molecule has 1 aromatic rings. The Hall–Kier alpha value is -1.83. The van der Waals surface area contributed by atoms with Crippen molar-refractivity contribution in [2.24, 2.45) is 11.8 Å². The van der Waals surface area contributed by atoms with E-state index in [1.807, 2.05) is 36.4 Å². The van der Waals surface area contributed by atoms with Gasteiger partial charge in [-0.1, -0.05) is 36.4 Å². The van der Waals surface area contributed by atoms with Gasteiger partial charge in [-0.3, -0.25) is 4.79 Å². The normalized spacial score (nSPS) is 26.5. The minimum Gasteiger partial charge on any atom is -0.492 e. The molecule has 1 aromatic carbocycles. The fourth-order valence-corrected chi connectivity index (χ4v) is 2.47. The maximum absolute atomic E-state index is 12.4. The predicted molar refractivity (Wildman–Crippen MR) is 66.1 cm³/mol. The summed E-state index contributed by atoms with van der Waals surface area (Å²) in [5.41, 5.74) is 0.728. The lowest BCUT2D eigenvalue weighted by atomic mass is 9.81. The summed E-state index contributed by atoms with van der Waals surface area (Å²) in [6, 6.07) is 7.50. The summed E-state index contributed by atoms with van der Waals surface area (Å²) in [6.45, 7) is 0.499. The lowest BCUT2D eigenvalue weighted by molar-refractivity contribution is 0.0781. The van der Waals surface area contributed by atoms with Gasteiger partial charge in [0.2, 0.25) is 0 Å². The van der Waals surface area contributed by atoms with Gasteiger partial charge < -0.3 is 4.74 Å². The van der Waals surface area contributed by atoms with Crippen molar-refractivity contribution in [1.29, 1.82) is 0 Å². The van der Waals surface area contributed by atoms with Crippen LogP contribution in [0.15, 0.2) is 48.6 Å². The molecule has 0 fully saturated rings. The van der Waals surface area contributed by atoms with E-state index in [1.165, 1.54) is 0 Å². The minimum absolute atomic E-state index is 0.0360. The summed E-state index contributed by atoms with van der Waals surface area (Å²) >= 11 is 0. The second-order valence-electron chi connectivity index (χ2n) is 4.49. The molecule has 1 aliphatic carbocycles. The van der Waals surface area contributed by atoms with Crippen molar-refractivity contribution < 1.29 is 9.53 Å². The second kappa shape index (κ2) is 4.21. The van der Waals surface area contributed by atoms with Gasteiger partial charge in [-0.25, -0.2) is 0 Å². The van der Waals surface area contributed by atoms with Crippen LogP contribution in [0.25, 0.3) is 0 Å². The molecule has 17 heavy (non-hydrogen) atoms. The van der Waals surface area contributed by atoms with Gasteiger partial charge in [0, 0.05) is 0 Å². The van der Waals surface area contributed by atoms with Crippen LogP contribution in [0.2, 0.25) is 0 Å². The summed E-state index contributed by atoms with van der Waals surface area (Å²) < 4.78 is 5.68. The molecule has 0 saturated carbocycles. The smallest absolute Gasteiger partial charge is 0.173 e. The molecule has 0 spiro atoms. The third-order valence-electron chi connectivity index (χ3n) is 3.44. The van der Waals surface area contributed by atoms with E-state index in [-0.39, 0.29) is 17.6 Å². The first-order valence-electron chi connectivity index (χ1n) is 5.95. The average molecular weight is 226 g/mol. The Kier molecular flexibility index (Phi) is 2.56. The highest BCUT2D eigenvalue weighted by Crippen LogP contribution is 2.33. The van der Waals surface area contributed by atoms with Gasteiger partial charge in [-0.2, -0.15) is 0 Å². The van der Waals surface area contributed by atoms with E-state index in [1.54, 1.807) is 0 Å². The van der Waals surface area contributed by atoms with Crippen molar-refractivity contribution in [3.63, 3.8) is 0 Å². The van der Waals surface area contributed by atoms with Crippen LogP contribution in [-0.2, 0) is 0 Å². The van der Waals surface area contributed by atoms with Crippen molar-refractivity contribution in [3.05, 3.63) is 54.1 Å². The molecule has 86 valence electrons. The molecule has 3 rings (SSSR count). The molecule has 1 aliphatic heterocycles. The molecule has 2 aliphatic rings. The summed E-state index contributed by atoms with van der Waals surface area (Å²) in [4.78, 5) is 12.4. The van der Waals surface area contributed by atoms with Crippen LogP contribution in [0.3, 0.4) is 0 Å². The molecular formula is C15H14O2. The van der Waals surface area contributed by atoms with Crippen LogP contribution < -0.4 is 4.74 Å². The van der Waals surface area contributed by atoms with Crippen LogP contribution in [0.1, 0.15) is 16.8 Å². The van der Waals surface area contributed by atoms with Crippen LogP contribution in [0.4, 0.5) is 0 Å². The average Bonchev–Trinajstić information content (AvgIpc) is 2.40. The fourth-order valence-electron chi connectivity index (χ4n) is 2.47. The van der Waals surface area contributed by atoms with E-state index in [9.17, 15) is 4.79 Å². The fraction of sp³-hybridized carbons (Fsp3) is 0.267. The Morgan fingerprint density at radius 2 is 2.06 bits per heavy atom. The number of ketones is 1. The third kappa shape index (κ3) is 1.80. The van der Waals surface area contributed by atoms with Crippen molar-refractivity contribution in [2.45, 2.75) is 6.42 Å². The molecule has 0 bridgehead atoms. The first kappa shape index (κ1) is 10.3. The van der Waals surface area contributed by atoms with Gasteiger partial charge in [0.05, 0.1) is 18.1 Å². The number of allylic oxidation sites excluding steroid dienone is 4. The van der Waals surface area contributed by atoms with Gasteiger partial charge in [0.1, 0.15) is 5.75 Å². The summed E-state index contributed by atoms with van der Waals surface area (Å²) in [6.07, 6.45) is 9.19. The minimum atomic E-state index is -0.0360. The highest BCUT2D eigenvalue weighted by Gasteiger charge is 2.33. The molecule has 2 unspecified atom stereocenters. The largest absolute Gasteiger partial charge is 0.492 e. The highest BCUT2D eigenvalue weighted by atomic mass is 16.5. The molecule has 0 N–H and O–H groups in total. The monoisotopic (exact) mass is 226 g/mol. The van der Waals surface area contributed by atoms with E-state index in [4.69, 9.17) is 4.74 Å². The number of fused-ring (bicyclic) bond motifs is 1. The lowest BCUT2D eigenvalue weighted by Gasteiger charge is -2.29.